The van der Waals surface area contributed by atoms with Gasteiger partial charge in [-0.2, -0.15) is 0 Å². The number of hydrogen-bond acceptors (Lipinski definition) is 5. The number of aliphatic hydroxyl groups excluding tert-OH is 1. The molecule has 0 spiro atoms. The third kappa shape index (κ3) is 5.12. The molecule has 0 unspecified atom stereocenters. The molecule has 1 heterocycles. The van der Waals surface area contributed by atoms with Crippen LogP contribution in [0.1, 0.15) is 17.5 Å². The number of ether oxygens (including phenoxy) is 1. The highest BCUT2D eigenvalue weighted by Crippen LogP contribution is 2.10. The summed E-state index contributed by atoms with van der Waals surface area (Å²) in [6.07, 6.45) is 0.471. The Morgan fingerprint density at radius 3 is 2.24 bits per heavy atom. The zero-order chi connectivity index (χ0) is 15.1. The van der Waals surface area contributed by atoms with Crippen LogP contribution in [0.5, 0.6) is 0 Å². The van der Waals surface area contributed by atoms with Gasteiger partial charge in [0.1, 0.15) is 0 Å². The van der Waals surface area contributed by atoms with Crippen molar-refractivity contribution in [2.45, 2.75) is 19.6 Å². The molecule has 0 atom stereocenters. The summed E-state index contributed by atoms with van der Waals surface area (Å²) in [4.78, 5) is 15.9. The van der Waals surface area contributed by atoms with Gasteiger partial charge in [-0.1, -0.05) is 24.3 Å². The van der Waals surface area contributed by atoms with Crippen LogP contribution in [0, 0.1) is 0 Å². The Kier molecular flexibility index (Phi) is 6.17. The molecule has 0 aliphatic carbocycles. The second kappa shape index (κ2) is 8.12. The first-order valence-electron chi connectivity index (χ1n) is 7.41. The van der Waals surface area contributed by atoms with E-state index in [1.54, 1.807) is 0 Å². The minimum absolute atomic E-state index is 0.0964. The van der Waals surface area contributed by atoms with Gasteiger partial charge in [0.2, 0.25) is 0 Å². The van der Waals surface area contributed by atoms with Gasteiger partial charge >= 0.3 is 5.97 Å². The average molecular weight is 292 g/mol. The van der Waals surface area contributed by atoms with Crippen LogP contribution in [0.15, 0.2) is 24.3 Å². The molecule has 1 saturated heterocycles. The largest absolute Gasteiger partial charge is 0.469 e. The van der Waals surface area contributed by atoms with E-state index in [2.05, 4.69) is 26.7 Å². The maximum absolute atomic E-state index is 11.1. The van der Waals surface area contributed by atoms with Crippen LogP contribution in [0.2, 0.25) is 0 Å². The van der Waals surface area contributed by atoms with Crippen LogP contribution in [-0.4, -0.2) is 60.7 Å². The average Bonchev–Trinajstić information content (AvgIpc) is 2.54. The first kappa shape index (κ1) is 15.9. The molecule has 2 rings (SSSR count). The quantitative estimate of drug-likeness (QED) is 0.788. The first-order chi connectivity index (χ1) is 10.2. The van der Waals surface area contributed by atoms with E-state index < -0.39 is 0 Å². The van der Waals surface area contributed by atoms with E-state index in [4.69, 9.17) is 5.11 Å². The van der Waals surface area contributed by atoms with Crippen LogP contribution in [0.25, 0.3) is 0 Å². The third-order valence-corrected chi connectivity index (χ3v) is 3.94. The maximum atomic E-state index is 11.1. The molecule has 1 fully saturated rings. The Labute approximate surface area is 126 Å². The Balaban J connectivity index is 1.72. The number of rotatable bonds is 6. The van der Waals surface area contributed by atoms with E-state index in [-0.39, 0.29) is 12.6 Å². The molecule has 1 N–H and O–H groups in total. The lowest BCUT2D eigenvalue weighted by atomic mass is 10.1. The van der Waals surface area contributed by atoms with Gasteiger partial charge in [-0.05, 0) is 11.1 Å². The lowest BCUT2D eigenvalue weighted by Crippen LogP contribution is -2.46. The number of piperazine rings is 1. The fraction of sp³-hybridized carbons (Fsp3) is 0.562. The highest BCUT2D eigenvalue weighted by Gasteiger charge is 2.17. The number of nitrogens with zero attached hydrogens (tertiary/aromatic N) is 2. The molecule has 0 saturated carbocycles. The summed E-state index contributed by atoms with van der Waals surface area (Å²) < 4.78 is 4.67. The number of carbonyl (C=O) groups excluding carboxylic acids is 1. The van der Waals surface area contributed by atoms with Crippen molar-refractivity contribution in [3.8, 4) is 0 Å². The minimum Gasteiger partial charge on any atom is -0.469 e. The highest BCUT2D eigenvalue weighted by atomic mass is 16.5. The number of methoxy groups -OCH3 is 1. The van der Waals surface area contributed by atoms with Gasteiger partial charge in [0, 0.05) is 39.3 Å². The number of benzene rings is 1. The summed E-state index contributed by atoms with van der Waals surface area (Å²) in [6, 6.07) is 8.11. The molecule has 5 nitrogen and oxygen atoms in total. The van der Waals surface area contributed by atoms with Crippen LogP contribution < -0.4 is 0 Å². The molecular weight excluding hydrogens is 268 g/mol. The number of aliphatic hydroxyl groups is 1. The van der Waals surface area contributed by atoms with Crippen LogP contribution >= 0.6 is 0 Å². The topological polar surface area (TPSA) is 53.0 Å². The minimum atomic E-state index is -0.138. The van der Waals surface area contributed by atoms with Crippen molar-refractivity contribution in [1.29, 1.82) is 0 Å². The number of esters is 1. The van der Waals surface area contributed by atoms with Gasteiger partial charge in [-0.15, -0.1) is 0 Å². The Hall–Kier alpha value is -1.43. The fourth-order valence-electron chi connectivity index (χ4n) is 2.53. The smallest absolute Gasteiger partial charge is 0.306 e. The van der Waals surface area contributed by atoms with Gasteiger partial charge in [-0.25, -0.2) is 0 Å². The molecule has 0 radical (unpaired) electrons. The van der Waals surface area contributed by atoms with Crippen LogP contribution in [0.4, 0.5) is 0 Å². The Morgan fingerprint density at radius 1 is 1.10 bits per heavy atom. The zero-order valence-electron chi connectivity index (χ0n) is 12.6. The zero-order valence-corrected chi connectivity index (χ0v) is 12.6. The molecule has 1 aromatic rings. The van der Waals surface area contributed by atoms with Crippen molar-refractivity contribution in [3.63, 3.8) is 0 Å². The lowest BCUT2D eigenvalue weighted by Gasteiger charge is -2.34. The van der Waals surface area contributed by atoms with Crippen molar-refractivity contribution >= 4 is 5.97 Å². The van der Waals surface area contributed by atoms with E-state index in [1.165, 1.54) is 12.7 Å². The molecular formula is C16H24N2O3. The molecule has 1 aliphatic heterocycles. The van der Waals surface area contributed by atoms with Crippen molar-refractivity contribution < 1.29 is 14.6 Å². The summed E-state index contributed by atoms with van der Waals surface area (Å²) in [5.41, 5.74) is 2.22. The summed E-state index contributed by atoms with van der Waals surface area (Å²) in [5.74, 6) is -0.138. The van der Waals surface area contributed by atoms with Crippen molar-refractivity contribution in [3.05, 3.63) is 35.4 Å². The van der Waals surface area contributed by atoms with Gasteiger partial charge < -0.3 is 14.7 Å². The number of carbonyl (C=O) groups is 1. The van der Waals surface area contributed by atoms with E-state index in [1.807, 2.05) is 12.1 Å². The van der Waals surface area contributed by atoms with E-state index in [0.717, 1.165) is 44.8 Å². The second-order valence-electron chi connectivity index (χ2n) is 5.42. The Morgan fingerprint density at radius 2 is 1.67 bits per heavy atom. The predicted octanol–water partition coefficient (Wildman–Crippen LogP) is 0.860. The molecule has 0 aromatic heterocycles. The van der Waals surface area contributed by atoms with E-state index in [9.17, 15) is 4.79 Å². The predicted molar refractivity (Wildman–Crippen MR) is 80.7 cm³/mol. The fourth-order valence-corrected chi connectivity index (χ4v) is 2.53. The molecule has 0 amide bonds. The molecule has 5 heteroatoms. The standard InChI is InChI=1S/C16H24N2O3/c1-21-16(20)6-7-17-8-10-18(11-9-17)12-14-2-4-15(13-19)5-3-14/h2-5,19H,6-13H2,1H3. The van der Waals surface area contributed by atoms with E-state index >= 15 is 0 Å². The summed E-state index contributed by atoms with van der Waals surface area (Å²) >= 11 is 0. The molecule has 1 aromatic carbocycles. The maximum Gasteiger partial charge on any atom is 0.306 e. The molecule has 116 valence electrons. The molecule has 21 heavy (non-hydrogen) atoms. The van der Waals surface area contributed by atoms with Gasteiger partial charge in [0.25, 0.3) is 0 Å². The van der Waals surface area contributed by atoms with Crippen molar-refractivity contribution in [2.75, 3.05) is 39.8 Å². The van der Waals surface area contributed by atoms with Crippen molar-refractivity contribution in [2.24, 2.45) is 0 Å². The van der Waals surface area contributed by atoms with Gasteiger partial charge in [0.15, 0.2) is 0 Å². The summed E-state index contributed by atoms with van der Waals surface area (Å²) in [5, 5.41) is 9.04. The van der Waals surface area contributed by atoms with Crippen LogP contribution in [0.3, 0.4) is 0 Å². The normalized spacial score (nSPS) is 16.9. The molecule has 0 bridgehead atoms. The SMILES string of the molecule is COC(=O)CCN1CCN(Cc2ccc(CO)cc2)CC1. The highest BCUT2D eigenvalue weighted by molar-refractivity contribution is 5.69. The third-order valence-electron chi connectivity index (χ3n) is 3.94. The van der Waals surface area contributed by atoms with Crippen LogP contribution in [-0.2, 0) is 22.7 Å². The van der Waals surface area contributed by atoms with Gasteiger partial charge in [0.05, 0.1) is 20.1 Å². The van der Waals surface area contributed by atoms with Gasteiger partial charge in [-0.3, -0.25) is 9.69 Å². The van der Waals surface area contributed by atoms with E-state index in [0.29, 0.717) is 6.42 Å². The lowest BCUT2D eigenvalue weighted by molar-refractivity contribution is -0.141. The molecule has 1 aliphatic rings. The van der Waals surface area contributed by atoms with Crippen molar-refractivity contribution in [1.82, 2.24) is 9.80 Å². The summed E-state index contributed by atoms with van der Waals surface area (Å²) in [6.45, 7) is 5.84. The summed E-state index contributed by atoms with van der Waals surface area (Å²) in [7, 11) is 1.43. The number of hydrogen-bond donors (Lipinski definition) is 1. The Bertz CT molecular complexity index is 439. The second-order valence-corrected chi connectivity index (χ2v) is 5.42. The monoisotopic (exact) mass is 292 g/mol. The first-order valence-corrected chi connectivity index (χ1v) is 7.41.